The van der Waals surface area contributed by atoms with Crippen molar-refractivity contribution in [1.29, 1.82) is 0 Å². The summed E-state index contributed by atoms with van der Waals surface area (Å²) < 4.78 is 11.3. The molecule has 1 saturated heterocycles. The van der Waals surface area contributed by atoms with Gasteiger partial charge in [-0.2, -0.15) is 0 Å². The second-order valence-corrected chi connectivity index (χ2v) is 7.53. The lowest BCUT2D eigenvalue weighted by atomic mass is 9.99. The van der Waals surface area contributed by atoms with E-state index in [9.17, 15) is 9.59 Å². The van der Waals surface area contributed by atoms with Crippen LogP contribution in [0.25, 0.3) is 0 Å². The molecule has 0 unspecified atom stereocenters. The standard InChI is InChI=1S/C19H23N3O4/c23-18(12-3-4-12)20-10-15-11-22(19(24)26-15)14-8-13-2-1-5-21-6-7-25-16(9-14)17(13)21/h8-9,12,15H,1-7,10-11H2,(H,20,23)/t15-/m0/s1. The van der Waals surface area contributed by atoms with Crippen molar-refractivity contribution in [3.05, 3.63) is 17.7 Å². The molecule has 138 valence electrons. The maximum absolute atomic E-state index is 12.4. The van der Waals surface area contributed by atoms with Crippen LogP contribution in [0.3, 0.4) is 0 Å². The van der Waals surface area contributed by atoms with Crippen molar-refractivity contribution in [3.8, 4) is 5.75 Å². The molecule has 1 aliphatic carbocycles. The second kappa shape index (κ2) is 6.07. The monoisotopic (exact) mass is 357 g/mol. The van der Waals surface area contributed by atoms with Gasteiger partial charge in [-0.25, -0.2) is 4.79 Å². The summed E-state index contributed by atoms with van der Waals surface area (Å²) in [6.45, 7) is 3.49. The normalized spacial score (nSPS) is 24.0. The Morgan fingerprint density at radius 2 is 2.15 bits per heavy atom. The Labute approximate surface area is 152 Å². The van der Waals surface area contributed by atoms with Gasteiger partial charge in [0.25, 0.3) is 0 Å². The molecule has 0 spiro atoms. The fourth-order valence-corrected chi connectivity index (χ4v) is 4.07. The van der Waals surface area contributed by atoms with Gasteiger partial charge in [0.05, 0.1) is 31.0 Å². The molecule has 7 heteroatoms. The second-order valence-electron chi connectivity index (χ2n) is 7.53. The number of cyclic esters (lactones) is 1. The first-order valence-corrected chi connectivity index (χ1v) is 9.49. The molecule has 1 saturated carbocycles. The number of carbonyl (C=O) groups excluding carboxylic acids is 2. The van der Waals surface area contributed by atoms with Crippen molar-refractivity contribution in [3.63, 3.8) is 0 Å². The molecule has 7 nitrogen and oxygen atoms in total. The summed E-state index contributed by atoms with van der Waals surface area (Å²) >= 11 is 0. The van der Waals surface area contributed by atoms with Crippen LogP contribution >= 0.6 is 0 Å². The first-order valence-electron chi connectivity index (χ1n) is 9.49. The molecule has 5 rings (SSSR count). The highest BCUT2D eigenvalue weighted by Crippen LogP contribution is 2.42. The average Bonchev–Trinajstić information content (AvgIpc) is 3.43. The van der Waals surface area contributed by atoms with Gasteiger partial charge in [-0.3, -0.25) is 9.69 Å². The zero-order chi connectivity index (χ0) is 17.7. The number of hydrogen-bond acceptors (Lipinski definition) is 5. The lowest BCUT2D eigenvalue weighted by Gasteiger charge is -2.37. The summed E-state index contributed by atoms with van der Waals surface area (Å²) in [5.41, 5.74) is 3.25. The summed E-state index contributed by atoms with van der Waals surface area (Å²) in [5.74, 6) is 1.10. The minimum absolute atomic E-state index is 0.0752. The smallest absolute Gasteiger partial charge is 0.414 e. The molecule has 2 fully saturated rings. The first kappa shape index (κ1) is 15.8. The molecule has 0 radical (unpaired) electrons. The summed E-state index contributed by atoms with van der Waals surface area (Å²) in [5, 5.41) is 2.89. The van der Waals surface area contributed by atoms with Crippen molar-refractivity contribution >= 4 is 23.4 Å². The number of carbonyl (C=O) groups is 2. The van der Waals surface area contributed by atoms with Crippen molar-refractivity contribution < 1.29 is 19.1 Å². The van der Waals surface area contributed by atoms with Gasteiger partial charge < -0.3 is 19.7 Å². The predicted octanol–water partition coefficient (Wildman–Crippen LogP) is 1.68. The summed E-state index contributed by atoms with van der Waals surface area (Å²) in [6.07, 6.45) is 3.39. The molecule has 1 aromatic rings. The summed E-state index contributed by atoms with van der Waals surface area (Å²) in [4.78, 5) is 28.2. The molecule has 26 heavy (non-hydrogen) atoms. The molecule has 3 aliphatic heterocycles. The van der Waals surface area contributed by atoms with Crippen LogP contribution < -0.4 is 19.9 Å². The Bertz CT molecular complexity index is 730. The van der Waals surface area contributed by atoms with E-state index in [1.165, 1.54) is 11.3 Å². The quantitative estimate of drug-likeness (QED) is 0.888. The zero-order valence-corrected chi connectivity index (χ0v) is 14.7. The van der Waals surface area contributed by atoms with Crippen LogP contribution in [-0.4, -0.2) is 50.9 Å². The van der Waals surface area contributed by atoms with Crippen molar-refractivity contribution in [2.24, 2.45) is 5.92 Å². The fraction of sp³-hybridized carbons (Fsp3) is 0.579. The van der Waals surface area contributed by atoms with Crippen LogP contribution in [0.1, 0.15) is 24.8 Å². The van der Waals surface area contributed by atoms with E-state index in [2.05, 4.69) is 16.3 Å². The Kier molecular flexibility index (Phi) is 3.69. The number of rotatable bonds is 4. The van der Waals surface area contributed by atoms with Crippen LogP contribution in [0.5, 0.6) is 5.75 Å². The number of hydrogen-bond donors (Lipinski definition) is 1. The van der Waals surface area contributed by atoms with Crippen LogP contribution in [0.15, 0.2) is 12.1 Å². The third kappa shape index (κ3) is 2.75. The Hall–Kier alpha value is -2.44. The average molecular weight is 357 g/mol. The fourth-order valence-electron chi connectivity index (χ4n) is 4.07. The number of anilines is 2. The third-order valence-corrected chi connectivity index (χ3v) is 5.59. The lowest BCUT2D eigenvalue weighted by molar-refractivity contribution is -0.122. The Morgan fingerprint density at radius 1 is 1.27 bits per heavy atom. The molecular weight excluding hydrogens is 334 g/mol. The van der Waals surface area contributed by atoms with Gasteiger partial charge in [0.1, 0.15) is 18.5 Å². The van der Waals surface area contributed by atoms with Crippen LogP contribution in [0.2, 0.25) is 0 Å². The van der Waals surface area contributed by atoms with E-state index in [1.54, 1.807) is 4.90 Å². The highest BCUT2D eigenvalue weighted by Gasteiger charge is 2.36. The van der Waals surface area contributed by atoms with Crippen molar-refractivity contribution in [2.75, 3.05) is 42.6 Å². The molecule has 1 N–H and O–H groups in total. The number of benzene rings is 1. The number of amides is 2. The minimum Gasteiger partial charge on any atom is -0.489 e. The highest BCUT2D eigenvalue weighted by molar-refractivity contribution is 5.91. The van der Waals surface area contributed by atoms with Gasteiger partial charge in [-0.05, 0) is 37.3 Å². The van der Waals surface area contributed by atoms with Crippen LogP contribution in [0, 0.1) is 5.92 Å². The number of nitrogens with zero attached hydrogens (tertiary/aromatic N) is 2. The van der Waals surface area contributed by atoms with Crippen LogP contribution in [0.4, 0.5) is 16.2 Å². The van der Waals surface area contributed by atoms with Crippen molar-refractivity contribution in [1.82, 2.24) is 5.32 Å². The van der Waals surface area contributed by atoms with Gasteiger partial charge in [0, 0.05) is 18.5 Å². The molecule has 1 aromatic carbocycles. The number of ether oxygens (including phenoxy) is 2. The van der Waals surface area contributed by atoms with Gasteiger partial charge in [0.2, 0.25) is 5.91 Å². The largest absolute Gasteiger partial charge is 0.489 e. The molecule has 4 aliphatic rings. The van der Waals surface area contributed by atoms with E-state index >= 15 is 0 Å². The van der Waals surface area contributed by atoms with Crippen LogP contribution in [-0.2, 0) is 16.0 Å². The first-order chi connectivity index (χ1) is 12.7. The maximum atomic E-state index is 12.4. The SMILES string of the molecule is O=C(NC[C@H]1CN(c2cc3c4c(c2)OCCN4CCC3)C(=O)O1)C1CC1. The molecule has 1 atom stereocenters. The van der Waals surface area contributed by atoms with E-state index in [0.717, 1.165) is 50.2 Å². The van der Waals surface area contributed by atoms with Gasteiger partial charge >= 0.3 is 6.09 Å². The molecule has 0 bridgehead atoms. The van der Waals surface area contributed by atoms with E-state index < -0.39 is 0 Å². The lowest BCUT2D eigenvalue weighted by Crippen LogP contribution is -2.37. The third-order valence-electron chi connectivity index (χ3n) is 5.59. The molecule has 2 amide bonds. The summed E-state index contributed by atoms with van der Waals surface area (Å²) in [6, 6.07) is 4.04. The van der Waals surface area contributed by atoms with E-state index in [4.69, 9.17) is 9.47 Å². The van der Waals surface area contributed by atoms with Crippen molar-refractivity contribution in [2.45, 2.75) is 31.8 Å². The molecular formula is C19H23N3O4. The minimum atomic E-state index is -0.355. The topological polar surface area (TPSA) is 71.1 Å². The predicted molar refractivity (Wildman–Crippen MR) is 95.8 cm³/mol. The highest BCUT2D eigenvalue weighted by atomic mass is 16.6. The van der Waals surface area contributed by atoms with Gasteiger partial charge in [-0.15, -0.1) is 0 Å². The Balaban J connectivity index is 1.33. The molecule has 0 aromatic heterocycles. The van der Waals surface area contributed by atoms with E-state index in [-0.39, 0.29) is 24.0 Å². The van der Waals surface area contributed by atoms with E-state index in [0.29, 0.717) is 19.7 Å². The maximum Gasteiger partial charge on any atom is 0.414 e. The zero-order valence-electron chi connectivity index (χ0n) is 14.7. The van der Waals surface area contributed by atoms with Gasteiger partial charge in [-0.1, -0.05) is 0 Å². The summed E-state index contributed by atoms with van der Waals surface area (Å²) in [7, 11) is 0. The van der Waals surface area contributed by atoms with E-state index in [1.807, 2.05) is 6.07 Å². The number of nitrogens with one attached hydrogen (secondary N) is 1. The Morgan fingerprint density at radius 3 is 3.00 bits per heavy atom. The molecule has 3 heterocycles. The van der Waals surface area contributed by atoms with Gasteiger partial charge in [0.15, 0.2) is 0 Å². The number of aryl methyl sites for hydroxylation is 1.